The molecule has 1 N–H and O–H groups in total. The highest BCUT2D eigenvalue weighted by atomic mass is 79.9. The van der Waals surface area contributed by atoms with E-state index in [9.17, 15) is 0 Å². The van der Waals surface area contributed by atoms with Crippen LogP contribution in [0.5, 0.6) is 5.75 Å². The third-order valence-electron chi connectivity index (χ3n) is 2.90. The van der Waals surface area contributed by atoms with Crippen LogP contribution in [-0.2, 0) is 13.2 Å². The maximum absolute atomic E-state index is 5.87. The Hall–Kier alpha value is -1.32. The number of ether oxygens (including phenoxy) is 1. The van der Waals surface area contributed by atoms with Crippen LogP contribution in [0.2, 0.25) is 0 Å². The second kappa shape index (κ2) is 6.73. The fourth-order valence-corrected chi connectivity index (χ4v) is 2.44. The molecule has 2 nitrogen and oxygen atoms in total. The van der Waals surface area contributed by atoms with Crippen molar-refractivity contribution in [1.29, 1.82) is 0 Å². The van der Waals surface area contributed by atoms with Gasteiger partial charge in [-0.25, -0.2) is 0 Å². The standard InChI is InChI=1S/C16H18BrNO/c1-12-8-15(17)6-7-16(12)19-11-14-5-3-4-13(9-14)10-18-2/h3-9,18H,10-11H2,1-2H3. The van der Waals surface area contributed by atoms with Gasteiger partial charge in [0.1, 0.15) is 12.4 Å². The van der Waals surface area contributed by atoms with Crippen molar-refractivity contribution in [1.82, 2.24) is 5.32 Å². The van der Waals surface area contributed by atoms with E-state index in [4.69, 9.17) is 4.74 Å². The molecular formula is C16H18BrNO. The normalized spacial score (nSPS) is 10.5. The highest BCUT2D eigenvalue weighted by Crippen LogP contribution is 2.23. The first-order chi connectivity index (χ1) is 9.19. The second-order valence-corrected chi connectivity index (χ2v) is 5.46. The van der Waals surface area contributed by atoms with Gasteiger partial charge in [0.15, 0.2) is 0 Å². The van der Waals surface area contributed by atoms with Crippen LogP contribution in [0.1, 0.15) is 16.7 Å². The van der Waals surface area contributed by atoms with Gasteiger partial charge in [-0.2, -0.15) is 0 Å². The second-order valence-electron chi connectivity index (χ2n) is 4.55. The number of hydrogen-bond donors (Lipinski definition) is 1. The molecule has 0 bridgehead atoms. The average Bonchev–Trinajstić information content (AvgIpc) is 2.38. The number of aryl methyl sites for hydroxylation is 1. The van der Waals surface area contributed by atoms with E-state index in [1.165, 1.54) is 11.1 Å². The Bertz CT molecular complexity index is 554. The number of nitrogens with one attached hydrogen (secondary N) is 1. The molecule has 0 radical (unpaired) electrons. The van der Waals surface area contributed by atoms with Crippen LogP contribution in [0.3, 0.4) is 0 Å². The molecule has 0 spiro atoms. The summed E-state index contributed by atoms with van der Waals surface area (Å²) in [7, 11) is 1.95. The first-order valence-electron chi connectivity index (χ1n) is 6.30. The largest absolute Gasteiger partial charge is 0.489 e. The zero-order valence-electron chi connectivity index (χ0n) is 11.2. The summed E-state index contributed by atoms with van der Waals surface area (Å²) in [5, 5.41) is 3.15. The van der Waals surface area contributed by atoms with Crippen LogP contribution in [0, 0.1) is 6.92 Å². The first kappa shape index (κ1) is 14.1. The van der Waals surface area contributed by atoms with Crippen LogP contribution in [0.25, 0.3) is 0 Å². The van der Waals surface area contributed by atoms with Crippen molar-refractivity contribution in [3.63, 3.8) is 0 Å². The molecule has 0 amide bonds. The minimum atomic E-state index is 0.597. The highest BCUT2D eigenvalue weighted by Gasteiger charge is 2.01. The molecule has 0 aliphatic carbocycles. The molecule has 19 heavy (non-hydrogen) atoms. The monoisotopic (exact) mass is 319 g/mol. The first-order valence-corrected chi connectivity index (χ1v) is 7.09. The molecule has 0 heterocycles. The molecule has 0 atom stereocenters. The number of rotatable bonds is 5. The molecule has 0 aromatic heterocycles. The SMILES string of the molecule is CNCc1cccc(COc2ccc(Br)cc2C)c1. The zero-order valence-corrected chi connectivity index (χ0v) is 12.8. The van der Waals surface area contributed by atoms with Gasteiger partial charge in [-0.05, 0) is 48.9 Å². The summed E-state index contributed by atoms with van der Waals surface area (Å²) in [4.78, 5) is 0. The molecule has 0 saturated carbocycles. The summed E-state index contributed by atoms with van der Waals surface area (Å²) in [6, 6.07) is 14.5. The van der Waals surface area contributed by atoms with Gasteiger partial charge in [-0.15, -0.1) is 0 Å². The quantitative estimate of drug-likeness (QED) is 0.897. The molecule has 0 aliphatic heterocycles. The summed E-state index contributed by atoms with van der Waals surface area (Å²) < 4.78 is 6.95. The summed E-state index contributed by atoms with van der Waals surface area (Å²) in [6.45, 7) is 3.53. The van der Waals surface area contributed by atoms with E-state index in [0.717, 1.165) is 22.3 Å². The van der Waals surface area contributed by atoms with Gasteiger partial charge in [0.05, 0.1) is 0 Å². The molecule has 3 heteroatoms. The molecule has 0 saturated heterocycles. The van der Waals surface area contributed by atoms with Crippen LogP contribution >= 0.6 is 15.9 Å². The third-order valence-corrected chi connectivity index (χ3v) is 3.40. The highest BCUT2D eigenvalue weighted by molar-refractivity contribution is 9.10. The average molecular weight is 320 g/mol. The topological polar surface area (TPSA) is 21.3 Å². The molecule has 100 valence electrons. The van der Waals surface area contributed by atoms with E-state index in [1.807, 2.05) is 19.2 Å². The Labute approximate surface area is 122 Å². The van der Waals surface area contributed by atoms with E-state index in [1.54, 1.807) is 0 Å². The molecule has 2 rings (SSSR count). The Balaban J connectivity index is 2.03. The number of hydrogen-bond acceptors (Lipinski definition) is 2. The van der Waals surface area contributed by atoms with Gasteiger partial charge < -0.3 is 10.1 Å². The lowest BCUT2D eigenvalue weighted by Gasteiger charge is -2.10. The maximum atomic E-state index is 5.87. The van der Waals surface area contributed by atoms with Gasteiger partial charge in [-0.1, -0.05) is 40.2 Å². The zero-order chi connectivity index (χ0) is 13.7. The molecule has 0 fully saturated rings. The van der Waals surface area contributed by atoms with Crippen molar-refractivity contribution in [2.75, 3.05) is 7.05 Å². The van der Waals surface area contributed by atoms with Gasteiger partial charge in [-0.3, -0.25) is 0 Å². The summed E-state index contributed by atoms with van der Waals surface area (Å²) in [5.41, 5.74) is 3.60. The van der Waals surface area contributed by atoms with Crippen LogP contribution < -0.4 is 10.1 Å². The molecule has 2 aromatic rings. The predicted octanol–water partition coefficient (Wildman–Crippen LogP) is 4.06. The van der Waals surface area contributed by atoms with Gasteiger partial charge in [0.2, 0.25) is 0 Å². The fourth-order valence-electron chi connectivity index (χ4n) is 1.97. The minimum Gasteiger partial charge on any atom is -0.489 e. The fraction of sp³-hybridized carbons (Fsp3) is 0.250. The summed E-state index contributed by atoms with van der Waals surface area (Å²) in [5.74, 6) is 0.933. The summed E-state index contributed by atoms with van der Waals surface area (Å²) in [6.07, 6.45) is 0. The van der Waals surface area contributed by atoms with Crippen LogP contribution in [0.15, 0.2) is 46.9 Å². The lowest BCUT2D eigenvalue weighted by Crippen LogP contribution is -2.05. The van der Waals surface area contributed by atoms with E-state index in [-0.39, 0.29) is 0 Å². The maximum Gasteiger partial charge on any atom is 0.122 e. The Kier molecular flexibility index (Phi) is 5.00. The van der Waals surface area contributed by atoms with Crippen molar-refractivity contribution < 1.29 is 4.74 Å². The van der Waals surface area contributed by atoms with Crippen molar-refractivity contribution in [2.45, 2.75) is 20.1 Å². The van der Waals surface area contributed by atoms with Crippen molar-refractivity contribution in [3.8, 4) is 5.75 Å². The van der Waals surface area contributed by atoms with Gasteiger partial charge in [0.25, 0.3) is 0 Å². The van der Waals surface area contributed by atoms with Gasteiger partial charge >= 0.3 is 0 Å². The third kappa shape index (κ3) is 4.08. The van der Waals surface area contributed by atoms with Crippen molar-refractivity contribution in [3.05, 3.63) is 63.6 Å². The van der Waals surface area contributed by atoms with Crippen molar-refractivity contribution >= 4 is 15.9 Å². The molecule has 0 aliphatic rings. The van der Waals surface area contributed by atoms with E-state index >= 15 is 0 Å². The minimum absolute atomic E-state index is 0.597. The molecular weight excluding hydrogens is 302 g/mol. The van der Waals surface area contributed by atoms with Crippen LogP contribution in [-0.4, -0.2) is 7.05 Å². The molecule has 2 aromatic carbocycles. The van der Waals surface area contributed by atoms with E-state index in [0.29, 0.717) is 6.61 Å². The lowest BCUT2D eigenvalue weighted by atomic mass is 10.1. The lowest BCUT2D eigenvalue weighted by molar-refractivity contribution is 0.304. The van der Waals surface area contributed by atoms with E-state index in [2.05, 4.69) is 58.5 Å². The Morgan fingerprint density at radius 1 is 1.11 bits per heavy atom. The van der Waals surface area contributed by atoms with Crippen LogP contribution in [0.4, 0.5) is 0 Å². The number of benzene rings is 2. The Morgan fingerprint density at radius 3 is 2.63 bits per heavy atom. The van der Waals surface area contributed by atoms with E-state index < -0.39 is 0 Å². The Morgan fingerprint density at radius 2 is 1.89 bits per heavy atom. The number of halogens is 1. The molecule has 0 unspecified atom stereocenters. The van der Waals surface area contributed by atoms with Gasteiger partial charge in [0, 0.05) is 11.0 Å². The summed E-state index contributed by atoms with van der Waals surface area (Å²) >= 11 is 3.46. The van der Waals surface area contributed by atoms with Crippen molar-refractivity contribution in [2.24, 2.45) is 0 Å². The predicted molar refractivity (Wildman–Crippen MR) is 82.4 cm³/mol. The smallest absolute Gasteiger partial charge is 0.122 e.